The highest BCUT2D eigenvalue weighted by molar-refractivity contribution is 5.44. The summed E-state index contributed by atoms with van der Waals surface area (Å²) >= 11 is 0. The van der Waals surface area contributed by atoms with Crippen molar-refractivity contribution in [1.82, 2.24) is 0 Å². The average Bonchev–Trinajstić information content (AvgIpc) is 1.88. The zero-order valence-electron chi connectivity index (χ0n) is 7.97. The van der Waals surface area contributed by atoms with Gasteiger partial charge in [-0.25, -0.2) is 0 Å². The lowest BCUT2D eigenvalue weighted by Crippen LogP contribution is -2.09. The van der Waals surface area contributed by atoms with Crippen molar-refractivity contribution in [1.29, 1.82) is 0 Å². The molecule has 0 N–H and O–H groups in total. The number of hydrogen-bond acceptors (Lipinski definition) is 1. The van der Waals surface area contributed by atoms with Crippen LogP contribution in [0.25, 0.3) is 0 Å². The summed E-state index contributed by atoms with van der Waals surface area (Å²) in [5.41, 5.74) is 0. The lowest BCUT2D eigenvalue weighted by atomic mass is 9.84. The number of carbonyl (C=O) groups is 1. The fourth-order valence-corrected chi connectivity index (χ4v) is 1.74. The molecular formula is C10H20O. The van der Waals surface area contributed by atoms with Gasteiger partial charge in [-0.15, -0.1) is 0 Å². The molecule has 1 aliphatic rings. The highest BCUT2D eigenvalue weighted by atomic mass is 16.1. The zero-order chi connectivity index (χ0) is 8.69. The summed E-state index contributed by atoms with van der Waals surface area (Å²) in [7, 11) is 0. The second kappa shape index (κ2) is 6.38. The highest BCUT2D eigenvalue weighted by Gasteiger charge is 2.13. The maximum atomic E-state index is 8.81. The summed E-state index contributed by atoms with van der Waals surface area (Å²) in [4.78, 5) is 8.81. The fraction of sp³-hybridized carbons (Fsp3) is 0.900. The third-order valence-electron chi connectivity index (χ3n) is 2.20. The van der Waals surface area contributed by atoms with E-state index in [0.717, 1.165) is 18.1 Å². The molecule has 0 heterocycles. The first-order valence-corrected chi connectivity index (χ1v) is 4.60. The Morgan fingerprint density at radius 3 is 1.73 bits per heavy atom. The smallest absolute Gasteiger partial charge is 0.116 e. The lowest BCUT2D eigenvalue weighted by molar-refractivity contribution is -0.106. The molecule has 66 valence electrons. The molecule has 0 amide bonds. The zero-order valence-corrected chi connectivity index (χ0v) is 7.97. The summed E-state index contributed by atoms with van der Waals surface area (Å²) < 4.78 is 0. The molecule has 0 radical (unpaired) electrons. The maximum absolute atomic E-state index is 8.81. The molecule has 0 aromatic rings. The van der Waals surface area contributed by atoms with Gasteiger partial charge in [0.1, 0.15) is 6.29 Å². The molecule has 0 bridgehead atoms. The van der Waals surface area contributed by atoms with Crippen molar-refractivity contribution in [2.45, 2.75) is 46.5 Å². The minimum atomic E-state index is 0.750. The minimum Gasteiger partial charge on any atom is -0.304 e. The molecule has 0 saturated heterocycles. The van der Waals surface area contributed by atoms with Crippen LogP contribution in [-0.2, 0) is 4.79 Å². The number of hydrogen-bond donors (Lipinski definition) is 0. The Morgan fingerprint density at radius 1 is 1.18 bits per heavy atom. The molecule has 1 nitrogen and oxygen atoms in total. The predicted octanol–water partition coefficient (Wildman–Crippen LogP) is 3.04. The Labute approximate surface area is 70.2 Å². The minimum absolute atomic E-state index is 0.750. The van der Waals surface area contributed by atoms with Gasteiger partial charge in [0, 0.05) is 0 Å². The Bertz CT molecular complexity index is 91.0. The molecule has 1 rings (SSSR count). The van der Waals surface area contributed by atoms with Gasteiger partial charge in [-0.05, 0) is 25.2 Å². The van der Waals surface area contributed by atoms with E-state index in [-0.39, 0.29) is 0 Å². The largest absolute Gasteiger partial charge is 0.304 e. The third-order valence-corrected chi connectivity index (χ3v) is 2.20. The predicted molar refractivity (Wildman–Crippen MR) is 48.5 cm³/mol. The Hall–Kier alpha value is -0.330. The molecular weight excluding hydrogens is 136 g/mol. The van der Waals surface area contributed by atoms with Crippen molar-refractivity contribution in [3.63, 3.8) is 0 Å². The van der Waals surface area contributed by atoms with Gasteiger partial charge in [0.25, 0.3) is 0 Å². The average molecular weight is 156 g/mol. The van der Waals surface area contributed by atoms with Crippen LogP contribution in [0, 0.1) is 11.8 Å². The fourth-order valence-electron chi connectivity index (χ4n) is 1.74. The second-order valence-corrected chi connectivity index (χ2v) is 3.61. The van der Waals surface area contributed by atoms with Crippen molar-refractivity contribution >= 4 is 6.29 Å². The monoisotopic (exact) mass is 156 g/mol. The summed E-state index contributed by atoms with van der Waals surface area (Å²) in [6.07, 6.45) is 6.65. The van der Waals surface area contributed by atoms with E-state index in [9.17, 15) is 0 Å². The van der Waals surface area contributed by atoms with Crippen LogP contribution in [0.2, 0.25) is 0 Å². The second-order valence-electron chi connectivity index (χ2n) is 3.61. The standard InChI is InChI=1S/C8H16.C2H4O/c1-7-4-3-5-8(2)6-7;1-2-3/h7-8H,3-6H2,1-2H3;2H,1H3. The number of aldehydes is 1. The number of carbonyl (C=O) groups excluding carboxylic acids is 1. The molecule has 2 atom stereocenters. The van der Waals surface area contributed by atoms with Gasteiger partial charge in [-0.3, -0.25) is 0 Å². The lowest BCUT2D eigenvalue weighted by Gasteiger charge is -2.22. The van der Waals surface area contributed by atoms with Crippen LogP contribution in [0.5, 0.6) is 0 Å². The van der Waals surface area contributed by atoms with Crippen LogP contribution in [0.15, 0.2) is 0 Å². The van der Waals surface area contributed by atoms with Crippen LogP contribution in [-0.4, -0.2) is 6.29 Å². The van der Waals surface area contributed by atoms with E-state index in [1.807, 2.05) is 0 Å². The van der Waals surface area contributed by atoms with Gasteiger partial charge in [-0.2, -0.15) is 0 Å². The molecule has 1 heteroatoms. The highest BCUT2D eigenvalue weighted by Crippen LogP contribution is 2.27. The van der Waals surface area contributed by atoms with Crippen LogP contribution >= 0.6 is 0 Å². The third kappa shape index (κ3) is 6.08. The van der Waals surface area contributed by atoms with Gasteiger partial charge in [-0.1, -0.05) is 33.1 Å². The molecule has 0 aromatic heterocycles. The van der Waals surface area contributed by atoms with Crippen LogP contribution in [0.4, 0.5) is 0 Å². The molecule has 0 spiro atoms. The van der Waals surface area contributed by atoms with Crippen LogP contribution < -0.4 is 0 Å². The summed E-state index contributed by atoms with van der Waals surface area (Å²) in [6.45, 7) is 6.19. The van der Waals surface area contributed by atoms with Gasteiger partial charge in [0.15, 0.2) is 0 Å². The van der Waals surface area contributed by atoms with E-state index >= 15 is 0 Å². The first kappa shape index (κ1) is 10.7. The SMILES string of the molecule is CC1CCCC(C)C1.CC=O. The maximum Gasteiger partial charge on any atom is 0.116 e. The van der Waals surface area contributed by atoms with Gasteiger partial charge < -0.3 is 4.79 Å². The quantitative estimate of drug-likeness (QED) is 0.493. The van der Waals surface area contributed by atoms with Crippen molar-refractivity contribution in [2.75, 3.05) is 0 Å². The summed E-state index contributed by atoms with van der Waals surface area (Å²) in [5, 5.41) is 0. The van der Waals surface area contributed by atoms with E-state index in [0.29, 0.717) is 0 Å². The van der Waals surface area contributed by atoms with Crippen LogP contribution in [0.3, 0.4) is 0 Å². The van der Waals surface area contributed by atoms with E-state index < -0.39 is 0 Å². The molecule has 1 saturated carbocycles. The summed E-state index contributed by atoms with van der Waals surface area (Å²) in [5.74, 6) is 2.03. The van der Waals surface area contributed by atoms with Crippen molar-refractivity contribution < 1.29 is 4.79 Å². The Kier molecular flexibility index (Phi) is 6.19. The molecule has 2 unspecified atom stereocenters. The van der Waals surface area contributed by atoms with Crippen molar-refractivity contribution in [2.24, 2.45) is 11.8 Å². The van der Waals surface area contributed by atoms with E-state index in [2.05, 4.69) is 13.8 Å². The van der Waals surface area contributed by atoms with Gasteiger partial charge in [0.2, 0.25) is 0 Å². The molecule has 1 fully saturated rings. The molecule has 11 heavy (non-hydrogen) atoms. The van der Waals surface area contributed by atoms with Crippen LogP contribution in [0.1, 0.15) is 46.5 Å². The first-order chi connectivity index (χ1) is 5.20. The topological polar surface area (TPSA) is 17.1 Å². The van der Waals surface area contributed by atoms with Crippen molar-refractivity contribution in [3.8, 4) is 0 Å². The van der Waals surface area contributed by atoms with Gasteiger partial charge >= 0.3 is 0 Å². The molecule has 1 aliphatic carbocycles. The van der Waals surface area contributed by atoms with E-state index in [1.54, 1.807) is 0 Å². The molecule has 0 aliphatic heterocycles. The van der Waals surface area contributed by atoms with Crippen molar-refractivity contribution in [3.05, 3.63) is 0 Å². The summed E-state index contributed by atoms with van der Waals surface area (Å²) in [6, 6.07) is 0. The van der Waals surface area contributed by atoms with E-state index in [4.69, 9.17) is 4.79 Å². The normalized spacial score (nSPS) is 30.1. The molecule has 0 aromatic carbocycles. The Balaban J connectivity index is 0.000000292. The first-order valence-electron chi connectivity index (χ1n) is 4.60. The van der Waals surface area contributed by atoms with E-state index in [1.165, 1.54) is 32.6 Å². The Morgan fingerprint density at radius 2 is 1.55 bits per heavy atom. The number of rotatable bonds is 0. The van der Waals surface area contributed by atoms with Gasteiger partial charge in [0.05, 0.1) is 0 Å².